The molecule has 26 heavy (non-hydrogen) atoms. The maximum Gasteiger partial charge on any atom is 0.164 e. The summed E-state index contributed by atoms with van der Waals surface area (Å²) in [5, 5.41) is 0. The van der Waals surface area contributed by atoms with Crippen molar-refractivity contribution in [1.82, 2.24) is 0 Å². The molecule has 0 amide bonds. The molecule has 0 heterocycles. The Morgan fingerprint density at radius 2 is 1.50 bits per heavy atom. The van der Waals surface area contributed by atoms with E-state index in [0.717, 1.165) is 22.4 Å². The smallest absolute Gasteiger partial charge is 0.164 e. The van der Waals surface area contributed by atoms with Crippen LogP contribution in [0.4, 0.5) is 0 Å². The van der Waals surface area contributed by atoms with Crippen LogP contribution in [0.25, 0.3) is 11.6 Å². The van der Waals surface area contributed by atoms with Crippen LogP contribution in [0.3, 0.4) is 0 Å². The lowest BCUT2D eigenvalue weighted by Gasteiger charge is -2.20. The summed E-state index contributed by atoms with van der Waals surface area (Å²) < 4.78 is 21.5. The molecule has 0 saturated carbocycles. The average Bonchev–Trinajstić information content (AvgIpc) is 2.69. The third kappa shape index (κ3) is 3.25. The lowest BCUT2D eigenvalue weighted by atomic mass is 9.85. The molecule has 136 valence electrons. The molecule has 0 spiro atoms. The largest absolute Gasteiger partial charge is 0.497 e. The molecule has 0 fully saturated rings. The second-order valence-corrected chi connectivity index (χ2v) is 5.95. The van der Waals surface area contributed by atoms with Crippen LogP contribution >= 0.6 is 0 Å². The first-order chi connectivity index (χ1) is 12.6. The Balaban J connectivity index is 2.14. The highest BCUT2D eigenvalue weighted by Gasteiger charge is 2.23. The Morgan fingerprint density at radius 3 is 2.15 bits per heavy atom. The number of benzene rings is 2. The van der Waals surface area contributed by atoms with Gasteiger partial charge in [-0.05, 0) is 41.8 Å². The molecule has 3 rings (SSSR count). The SMILES string of the molecule is COc1ccc2c(c1)CCC(=O)/C2=C/c1cc(OC)c(OC)cc1OC. The summed E-state index contributed by atoms with van der Waals surface area (Å²) >= 11 is 0. The number of rotatable bonds is 5. The standard InChI is InChI=1S/C21H22O5/c1-23-15-6-7-16-13(9-15)5-8-18(22)17(16)10-14-11-20(25-3)21(26-4)12-19(14)24-2/h6-7,9-12H,5,8H2,1-4H3/b17-10+. The first-order valence-electron chi connectivity index (χ1n) is 8.33. The third-order valence-corrected chi connectivity index (χ3v) is 4.56. The molecule has 0 N–H and O–H groups in total. The topological polar surface area (TPSA) is 54.0 Å². The molecular formula is C21H22O5. The molecule has 0 aromatic heterocycles. The first-order valence-corrected chi connectivity index (χ1v) is 8.33. The van der Waals surface area contributed by atoms with E-state index in [4.69, 9.17) is 18.9 Å². The van der Waals surface area contributed by atoms with Gasteiger partial charge in [0.1, 0.15) is 11.5 Å². The van der Waals surface area contributed by atoms with Gasteiger partial charge in [0, 0.05) is 23.6 Å². The monoisotopic (exact) mass is 354 g/mol. The van der Waals surface area contributed by atoms with Crippen LogP contribution in [-0.2, 0) is 11.2 Å². The van der Waals surface area contributed by atoms with Gasteiger partial charge in [-0.25, -0.2) is 0 Å². The zero-order valence-electron chi connectivity index (χ0n) is 15.4. The second kappa shape index (κ2) is 7.52. The fourth-order valence-corrected chi connectivity index (χ4v) is 3.18. The van der Waals surface area contributed by atoms with Crippen molar-refractivity contribution in [2.24, 2.45) is 0 Å². The van der Waals surface area contributed by atoms with Gasteiger partial charge in [-0.15, -0.1) is 0 Å². The van der Waals surface area contributed by atoms with Gasteiger partial charge >= 0.3 is 0 Å². The summed E-state index contributed by atoms with van der Waals surface area (Å²) in [6.45, 7) is 0. The van der Waals surface area contributed by atoms with Gasteiger partial charge in [0.05, 0.1) is 28.4 Å². The summed E-state index contributed by atoms with van der Waals surface area (Å²) in [7, 11) is 6.38. The van der Waals surface area contributed by atoms with Gasteiger partial charge in [-0.1, -0.05) is 6.07 Å². The molecule has 0 radical (unpaired) electrons. The molecule has 2 aromatic rings. The van der Waals surface area contributed by atoms with Crippen LogP contribution in [0, 0.1) is 0 Å². The van der Waals surface area contributed by atoms with Gasteiger partial charge in [-0.2, -0.15) is 0 Å². The summed E-state index contributed by atoms with van der Waals surface area (Å²) in [6.07, 6.45) is 3.04. The van der Waals surface area contributed by atoms with E-state index in [9.17, 15) is 4.79 Å². The number of fused-ring (bicyclic) bond motifs is 1. The maximum atomic E-state index is 12.6. The van der Waals surface area contributed by atoms with Crippen molar-refractivity contribution in [3.63, 3.8) is 0 Å². The van der Waals surface area contributed by atoms with Crippen molar-refractivity contribution in [3.05, 3.63) is 47.0 Å². The number of ketones is 1. The lowest BCUT2D eigenvalue weighted by molar-refractivity contribution is -0.113. The van der Waals surface area contributed by atoms with E-state index in [1.165, 1.54) is 0 Å². The van der Waals surface area contributed by atoms with Gasteiger partial charge in [0.15, 0.2) is 17.3 Å². The predicted molar refractivity (Wildman–Crippen MR) is 100 cm³/mol. The van der Waals surface area contributed by atoms with Gasteiger partial charge in [-0.3, -0.25) is 4.79 Å². The maximum absolute atomic E-state index is 12.6. The van der Waals surface area contributed by atoms with Crippen LogP contribution in [-0.4, -0.2) is 34.2 Å². The fourth-order valence-electron chi connectivity index (χ4n) is 3.18. The van der Waals surface area contributed by atoms with E-state index < -0.39 is 0 Å². The average molecular weight is 354 g/mol. The van der Waals surface area contributed by atoms with Crippen molar-refractivity contribution in [2.45, 2.75) is 12.8 Å². The molecule has 2 aromatic carbocycles. The quantitative estimate of drug-likeness (QED) is 0.765. The van der Waals surface area contributed by atoms with Crippen LogP contribution in [0.1, 0.15) is 23.1 Å². The van der Waals surface area contributed by atoms with Gasteiger partial charge in [0.25, 0.3) is 0 Å². The van der Waals surface area contributed by atoms with Crippen molar-refractivity contribution in [3.8, 4) is 23.0 Å². The number of Topliss-reactive ketones (excluding diaryl/α,β-unsaturated/α-hetero) is 1. The van der Waals surface area contributed by atoms with Crippen molar-refractivity contribution in [2.75, 3.05) is 28.4 Å². The van der Waals surface area contributed by atoms with Gasteiger partial charge < -0.3 is 18.9 Å². The van der Waals surface area contributed by atoms with E-state index in [1.807, 2.05) is 30.3 Å². The molecule has 0 bridgehead atoms. The van der Waals surface area contributed by atoms with Crippen LogP contribution in [0.15, 0.2) is 30.3 Å². The highest BCUT2D eigenvalue weighted by Crippen LogP contribution is 2.38. The molecule has 1 aliphatic rings. The molecule has 0 atom stereocenters. The molecule has 1 aliphatic carbocycles. The van der Waals surface area contributed by atoms with Crippen molar-refractivity contribution < 1.29 is 23.7 Å². The molecular weight excluding hydrogens is 332 g/mol. The van der Waals surface area contributed by atoms with E-state index in [-0.39, 0.29) is 5.78 Å². The molecule has 5 heteroatoms. The van der Waals surface area contributed by atoms with E-state index in [2.05, 4.69) is 0 Å². The molecule has 0 unspecified atom stereocenters. The number of hydrogen-bond acceptors (Lipinski definition) is 5. The van der Waals surface area contributed by atoms with Gasteiger partial charge in [0.2, 0.25) is 0 Å². The van der Waals surface area contributed by atoms with E-state index in [1.54, 1.807) is 34.5 Å². The third-order valence-electron chi connectivity index (χ3n) is 4.56. The lowest BCUT2D eigenvalue weighted by Crippen LogP contribution is -2.12. The van der Waals surface area contributed by atoms with Crippen molar-refractivity contribution >= 4 is 17.4 Å². The molecule has 5 nitrogen and oxygen atoms in total. The summed E-state index contributed by atoms with van der Waals surface area (Å²) in [5.74, 6) is 2.68. The fraction of sp³-hybridized carbons (Fsp3) is 0.286. The van der Waals surface area contributed by atoms with E-state index >= 15 is 0 Å². The minimum absolute atomic E-state index is 0.111. The number of aryl methyl sites for hydroxylation is 1. The Hall–Kier alpha value is -2.95. The number of hydrogen-bond donors (Lipinski definition) is 0. The molecule has 0 aliphatic heterocycles. The summed E-state index contributed by atoms with van der Waals surface area (Å²) in [5.41, 5.74) is 3.46. The normalized spacial score (nSPS) is 14.8. The summed E-state index contributed by atoms with van der Waals surface area (Å²) in [4.78, 5) is 12.6. The van der Waals surface area contributed by atoms with Crippen molar-refractivity contribution in [1.29, 1.82) is 0 Å². The predicted octanol–water partition coefficient (Wildman–Crippen LogP) is 3.78. The highest BCUT2D eigenvalue weighted by molar-refractivity contribution is 6.26. The zero-order valence-corrected chi connectivity index (χ0v) is 15.4. The minimum atomic E-state index is 0.111. The van der Waals surface area contributed by atoms with Crippen LogP contribution in [0.5, 0.6) is 23.0 Å². The number of methoxy groups -OCH3 is 4. The minimum Gasteiger partial charge on any atom is -0.497 e. The highest BCUT2D eigenvalue weighted by atomic mass is 16.5. The Kier molecular flexibility index (Phi) is 5.16. The number of allylic oxidation sites excluding steroid dienone is 1. The first kappa shape index (κ1) is 17.9. The number of carbonyl (C=O) groups excluding carboxylic acids is 1. The van der Waals surface area contributed by atoms with Crippen LogP contribution in [0.2, 0.25) is 0 Å². The number of ether oxygens (including phenoxy) is 4. The summed E-state index contributed by atoms with van der Waals surface area (Å²) in [6, 6.07) is 9.37. The number of carbonyl (C=O) groups is 1. The molecule has 0 saturated heterocycles. The Labute approximate surface area is 153 Å². The van der Waals surface area contributed by atoms with E-state index in [0.29, 0.717) is 35.7 Å². The zero-order chi connectivity index (χ0) is 18.7. The Bertz CT molecular complexity index is 867. The second-order valence-electron chi connectivity index (χ2n) is 5.95. The Morgan fingerprint density at radius 1 is 0.808 bits per heavy atom. The van der Waals surface area contributed by atoms with Crippen LogP contribution < -0.4 is 18.9 Å².